The van der Waals surface area contributed by atoms with Gasteiger partial charge in [-0.1, -0.05) is 36.4 Å². The zero-order chi connectivity index (χ0) is 12.1. The normalized spacial score (nSPS) is 10.7. The van der Waals surface area contributed by atoms with Crippen LogP contribution in [-0.4, -0.2) is 24.3 Å². The molecule has 1 heterocycles. The number of rotatable bonds is 5. The zero-order valence-corrected chi connectivity index (χ0v) is 10.6. The van der Waals surface area contributed by atoms with Gasteiger partial charge in [-0.3, -0.25) is 9.69 Å². The molecule has 0 bridgehead atoms. The van der Waals surface area contributed by atoms with E-state index in [4.69, 9.17) is 0 Å². The van der Waals surface area contributed by atoms with E-state index in [0.717, 1.165) is 12.1 Å². The summed E-state index contributed by atoms with van der Waals surface area (Å²) in [4.78, 5) is 15.3. The lowest BCUT2D eigenvalue weighted by Gasteiger charge is -2.14. The van der Waals surface area contributed by atoms with Gasteiger partial charge in [-0.25, -0.2) is 0 Å². The summed E-state index contributed by atoms with van der Waals surface area (Å²) in [5.41, 5.74) is 0.783. The van der Waals surface area contributed by atoms with Gasteiger partial charge in [0.1, 0.15) is 0 Å². The van der Waals surface area contributed by atoms with Gasteiger partial charge in [-0.15, -0.1) is 11.3 Å². The number of nitrogens with zero attached hydrogens (tertiary/aromatic N) is 1. The molecule has 2 nitrogen and oxygen atoms in total. The molecule has 0 atom stereocenters. The molecule has 1 aromatic heterocycles. The Bertz CT molecular complexity index is 464. The number of likely N-dealkylation sites (N-methyl/N-ethyl adjacent to an activating group) is 1. The van der Waals surface area contributed by atoms with Crippen LogP contribution in [0.25, 0.3) is 0 Å². The van der Waals surface area contributed by atoms with E-state index < -0.39 is 0 Å². The molecule has 0 fully saturated rings. The van der Waals surface area contributed by atoms with Crippen LogP contribution in [-0.2, 0) is 6.54 Å². The average molecular weight is 245 g/mol. The molecule has 0 spiro atoms. The van der Waals surface area contributed by atoms with Crippen LogP contribution in [0.15, 0.2) is 47.8 Å². The van der Waals surface area contributed by atoms with Crippen LogP contribution < -0.4 is 0 Å². The number of carbonyl (C=O) groups excluding carboxylic acids is 1. The van der Waals surface area contributed by atoms with Gasteiger partial charge in [-0.05, 0) is 18.5 Å². The summed E-state index contributed by atoms with van der Waals surface area (Å²) in [5, 5.41) is 2.06. The molecule has 0 aliphatic heterocycles. The third-order valence-electron chi connectivity index (χ3n) is 2.52. The molecule has 0 saturated heterocycles. The molecule has 0 unspecified atom stereocenters. The molecule has 0 aliphatic rings. The Morgan fingerprint density at radius 3 is 2.59 bits per heavy atom. The second-order valence-corrected chi connectivity index (χ2v) is 5.07. The fraction of sp³-hybridized carbons (Fsp3) is 0.214. The molecule has 0 N–H and O–H groups in total. The predicted molar refractivity (Wildman–Crippen MR) is 71.4 cm³/mol. The van der Waals surface area contributed by atoms with Gasteiger partial charge in [0.2, 0.25) is 0 Å². The maximum Gasteiger partial charge on any atom is 0.176 e. The van der Waals surface area contributed by atoms with Crippen LogP contribution in [0, 0.1) is 0 Å². The van der Waals surface area contributed by atoms with E-state index in [0.29, 0.717) is 6.54 Å². The minimum Gasteiger partial charge on any atom is -0.294 e. The van der Waals surface area contributed by atoms with Crippen LogP contribution in [0.2, 0.25) is 0 Å². The SMILES string of the molecule is CN(CC(=O)c1ccccc1)Cc1cccs1. The molecule has 3 heteroatoms. The highest BCUT2D eigenvalue weighted by Gasteiger charge is 2.09. The lowest BCUT2D eigenvalue weighted by atomic mass is 10.1. The summed E-state index contributed by atoms with van der Waals surface area (Å²) in [5.74, 6) is 0.171. The van der Waals surface area contributed by atoms with Crippen molar-refractivity contribution in [2.75, 3.05) is 13.6 Å². The summed E-state index contributed by atoms with van der Waals surface area (Å²) in [6.07, 6.45) is 0. The molecule has 0 radical (unpaired) electrons. The molecular weight excluding hydrogens is 230 g/mol. The lowest BCUT2D eigenvalue weighted by Crippen LogP contribution is -2.25. The minimum absolute atomic E-state index is 0.171. The van der Waals surface area contributed by atoms with Crippen LogP contribution in [0.5, 0.6) is 0 Å². The van der Waals surface area contributed by atoms with E-state index in [2.05, 4.69) is 11.4 Å². The molecule has 17 heavy (non-hydrogen) atoms. The zero-order valence-electron chi connectivity index (χ0n) is 9.80. The van der Waals surface area contributed by atoms with Crippen molar-refractivity contribution in [2.45, 2.75) is 6.54 Å². The topological polar surface area (TPSA) is 20.3 Å². The van der Waals surface area contributed by atoms with Crippen LogP contribution in [0.3, 0.4) is 0 Å². The van der Waals surface area contributed by atoms with Crippen molar-refractivity contribution in [3.63, 3.8) is 0 Å². The van der Waals surface area contributed by atoms with Crippen molar-refractivity contribution in [1.82, 2.24) is 4.90 Å². The lowest BCUT2D eigenvalue weighted by molar-refractivity contribution is 0.0943. The van der Waals surface area contributed by atoms with E-state index in [9.17, 15) is 4.79 Å². The van der Waals surface area contributed by atoms with Gasteiger partial charge >= 0.3 is 0 Å². The number of benzene rings is 1. The predicted octanol–water partition coefficient (Wildman–Crippen LogP) is 3.06. The van der Waals surface area contributed by atoms with E-state index in [1.807, 2.05) is 48.3 Å². The molecule has 0 saturated carbocycles. The summed E-state index contributed by atoms with van der Waals surface area (Å²) in [7, 11) is 1.97. The number of hydrogen-bond acceptors (Lipinski definition) is 3. The summed E-state index contributed by atoms with van der Waals surface area (Å²) >= 11 is 1.72. The maximum absolute atomic E-state index is 11.9. The number of carbonyl (C=O) groups is 1. The summed E-state index contributed by atoms with van der Waals surface area (Å²) < 4.78 is 0. The Balaban J connectivity index is 1.91. The van der Waals surface area contributed by atoms with E-state index in [1.54, 1.807) is 11.3 Å². The van der Waals surface area contributed by atoms with E-state index in [1.165, 1.54) is 4.88 Å². The molecule has 1 aromatic carbocycles. The molecule has 88 valence electrons. The van der Waals surface area contributed by atoms with Crippen molar-refractivity contribution in [3.8, 4) is 0 Å². The van der Waals surface area contributed by atoms with Gasteiger partial charge in [0.05, 0.1) is 6.54 Å². The fourth-order valence-electron chi connectivity index (χ4n) is 1.68. The minimum atomic E-state index is 0.171. The fourth-order valence-corrected chi connectivity index (χ4v) is 2.47. The van der Waals surface area contributed by atoms with Crippen LogP contribution in [0.1, 0.15) is 15.2 Å². The van der Waals surface area contributed by atoms with Gasteiger partial charge in [0.25, 0.3) is 0 Å². The first-order valence-electron chi connectivity index (χ1n) is 5.55. The third-order valence-corrected chi connectivity index (χ3v) is 3.38. The highest BCUT2D eigenvalue weighted by molar-refractivity contribution is 7.09. The number of ketones is 1. The molecular formula is C14H15NOS. The first kappa shape index (κ1) is 12.0. The second kappa shape index (κ2) is 5.75. The highest BCUT2D eigenvalue weighted by atomic mass is 32.1. The quantitative estimate of drug-likeness (QED) is 0.755. The molecule has 2 rings (SSSR count). The largest absolute Gasteiger partial charge is 0.294 e. The van der Waals surface area contributed by atoms with Gasteiger partial charge in [0.15, 0.2) is 5.78 Å². The molecule has 2 aromatic rings. The highest BCUT2D eigenvalue weighted by Crippen LogP contribution is 2.11. The monoisotopic (exact) mass is 245 g/mol. The van der Waals surface area contributed by atoms with Crippen LogP contribution in [0.4, 0.5) is 0 Å². The number of Topliss-reactive ketones (excluding diaryl/α,β-unsaturated/α-hetero) is 1. The molecule has 0 aliphatic carbocycles. The van der Waals surface area contributed by atoms with E-state index in [-0.39, 0.29) is 5.78 Å². The first-order valence-corrected chi connectivity index (χ1v) is 6.43. The van der Waals surface area contributed by atoms with Crippen molar-refractivity contribution in [2.24, 2.45) is 0 Å². The Morgan fingerprint density at radius 1 is 1.18 bits per heavy atom. The first-order chi connectivity index (χ1) is 8.25. The Labute approximate surface area is 106 Å². The number of hydrogen-bond donors (Lipinski definition) is 0. The number of thiophene rings is 1. The average Bonchev–Trinajstić information content (AvgIpc) is 2.82. The molecule has 0 amide bonds. The van der Waals surface area contributed by atoms with Crippen molar-refractivity contribution in [1.29, 1.82) is 0 Å². The second-order valence-electron chi connectivity index (χ2n) is 4.04. The maximum atomic E-state index is 11.9. The third kappa shape index (κ3) is 3.51. The van der Waals surface area contributed by atoms with Crippen molar-refractivity contribution < 1.29 is 4.79 Å². The van der Waals surface area contributed by atoms with E-state index >= 15 is 0 Å². The summed E-state index contributed by atoms with van der Waals surface area (Å²) in [6, 6.07) is 13.6. The standard InChI is InChI=1S/C14H15NOS/c1-15(10-13-8-5-9-17-13)11-14(16)12-6-3-2-4-7-12/h2-9H,10-11H2,1H3. The van der Waals surface area contributed by atoms with Crippen molar-refractivity contribution in [3.05, 3.63) is 58.3 Å². The van der Waals surface area contributed by atoms with Crippen LogP contribution >= 0.6 is 11.3 Å². The van der Waals surface area contributed by atoms with Crippen molar-refractivity contribution >= 4 is 17.1 Å². The Kier molecular flexibility index (Phi) is 4.07. The van der Waals surface area contributed by atoms with Gasteiger partial charge < -0.3 is 0 Å². The summed E-state index contributed by atoms with van der Waals surface area (Å²) in [6.45, 7) is 1.29. The Hall–Kier alpha value is -1.45. The Morgan fingerprint density at radius 2 is 1.94 bits per heavy atom. The van der Waals surface area contributed by atoms with Gasteiger partial charge in [-0.2, -0.15) is 0 Å². The smallest absolute Gasteiger partial charge is 0.176 e. The van der Waals surface area contributed by atoms with Gasteiger partial charge in [0, 0.05) is 17.0 Å².